The first kappa shape index (κ1) is 34.3. The summed E-state index contributed by atoms with van der Waals surface area (Å²) in [7, 11) is 0. The van der Waals surface area contributed by atoms with Gasteiger partial charge in [-0.3, -0.25) is 9.69 Å². The molecule has 0 spiro atoms. The van der Waals surface area contributed by atoms with Crippen LogP contribution in [0.15, 0.2) is 28.7 Å². The summed E-state index contributed by atoms with van der Waals surface area (Å²) in [6.07, 6.45) is 7.35. The number of amides is 1. The van der Waals surface area contributed by atoms with E-state index in [-0.39, 0.29) is 93.7 Å². The van der Waals surface area contributed by atoms with Gasteiger partial charge in [0.1, 0.15) is 47.1 Å². The molecule has 5 fully saturated rings. The fourth-order valence-corrected chi connectivity index (χ4v) is 9.83. The highest BCUT2D eigenvalue weighted by Crippen LogP contribution is 2.52. The highest BCUT2D eigenvalue weighted by molar-refractivity contribution is 6.16. The fourth-order valence-electron chi connectivity index (χ4n) is 9.83. The third-order valence-electron chi connectivity index (χ3n) is 12.4. The molecule has 1 unspecified atom stereocenters. The maximum atomic E-state index is 17.7. The van der Waals surface area contributed by atoms with E-state index in [0.29, 0.717) is 31.2 Å². The van der Waals surface area contributed by atoms with Crippen molar-refractivity contribution < 1.29 is 41.0 Å². The van der Waals surface area contributed by atoms with Crippen LogP contribution in [0.4, 0.5) is 27.8 Å². The standard InChI is InChI=1S/C40H35F5N6O4/c1-3-25-28(42)8-5-20-11-24(52)12-26(29(20)25)30-32(43)33-31(35-34(30)46-19(2)55-35)36(48-38(47-33)54-18-39-9-4-10-50(39)15-21(41)13-39)49-16-22-6-7-23(17-49)51(22)37(53)27-14-40(27,44)45/h1,5,8,11-12,21-23,27,52H,4,6-7,9-10,13-18H2,2H3/t21-,22-,23+,27?,39+/m1/s1. The zero-order chi connectivity index (χ0) is 38.1. The van der Waals surface area contributed by atoms with Crippen LogP contribution in [-0.2, 0) is 4.79 Å². The first-order chi connectivity index (χ1) is 26.4. The first-order valence-corrected chi connectivity index (χ1v) is 18.6. The average Bonchev–Trinajstić information content (AvgIpc) is 3.49. The molecule has 1 N–H and O–H groups in total. The van der Waals surface area contributed by atoms with Crippen LogP contribution in [-0.4, -0.2) is 98.3 Å². The Morgan fingerprint density at radius 3 is 2.56 bits per heavy atom. The number of fused-ring (bicyclic) bond motifs is 7. The summed E-state index contributed by atoms with van der Waals surface area (Å²) in [5.41, 5.74) is -0.843. The Morgan fingerprint density at radius 2 is 1.84 bits per heavy atom. The Morgan fingerprint density at radius 1 is 1.07 bits per heavy atom. The molecule has 55 heavy (non-hydrogen) atoms. The smallest absolute Gasteiger partial charge is 0.319 e. The number of hydrogen-bond donors (Lipinski definition) is 1. The predicted molar refractivity (Wildman–Crippen MR) is 192 cm³/mol. The van der Waals surface area contributed by atoms with E-state index in [4.69, 9.17) is 20.6 Å². The number of piperazine rings is 1. The van der Waals surface area contributed by atoms with E-state index in [1.165, 1.54) is 24.3 Å². The maximum absolute atomic E-state index is 17.7. The van der Waals surface area contributed by atoms with E-state index in [0.717, 1.165) is 13.0 Å². The van der Waals surface area contributed by atoms with Crippen LogP contribution >= 0.6 is 0 Å². The molecule has 6 heterocycles. The molecule has 10 rings (SSSR count). The zero-order valence-electron chi connectivity index (χ0n) is 29.7. The van der Waals surface area contributed by atoms with Gasteiger partial charge in [0.2, 0.25) is 5.91 Å². The molecule has 5 atom stereocenters. The Kier molecular flexibility index (Phi) is 7.41. The molecule has 0 radical (unpaired) electrons. The minimum Gasteiger partial charge on any atom is -0.508 e. The molecule has 4 saturated heterocycles. The van der Waals surface area contributed by atoms with Crippen LogP contribution in [0, 0.1) is 36.8 Å². The molecular formula is C40H35F5N6O4. The number of benzene rings is 3. The number of rotatable bonds is 6. The quantitative estimate of drug-likeness (QED) is 0.150. The van der Waals surface area contributed by atoms with Gasteiger partial charge in [0, 0.05) is 56.9 Å². The van der Waals surface area contributed by atoms with E-state index in [1.54, 1.807) is 11.8 Å². The Bertz CT molecular complexity index is 2510. The normalized spacial score (nSPS) is 27.0. The molecule has 1 saturated carbocycles. The number of aromatic hydroxyl groups is 1. The summed E-state index contributed by atoms with van der Waals surface area (Å²) in [5, 5.41) is 11.5. The van der Waals surface area contributed by atoms with Crippen molar-refractivity contribution in [3.63, 3.8) is 0 Å². The van der Waals surface area contributed by atoms with E-state index in [2.05, 4.69) is 20.8 Å². The molecule has 10 nitrogen and oxygen atoms in total. The summed E-state index contributed by atoms with van der Waals surface area (Å²) in [4.78, 5) is 32.8. The highest BCUT2D eigenvalue weighted by atomic mass is 19.3. The van der Waals surface area contributed by atoms with Crippen molar-refractivity contribution in [2.24, 2.45) is 5.92 Å². The van der Waals surface area contributed by atoms with Crippen molar-refractivity contribution in [2.45, 2.75) is 75.2 Å². The number of carbonyl (C=O) groups is 1. The van der Waals surface area contributed by atoms with Crippen molar-refractivity contribution in [3.05, 3.63) is 47.4 Å². The third-order valence-corrected chi connectivity index (χ3v) is 12.4. The molecule has 3 aromatic carbocycles. The first-order valence-electron chi connectivity index (χ1n) is 18.6. The molecule has 2 bridgehead atoms. The van der Waals surface area contributed by atoms with Crippen molar-refractivity contribution in [1.82, 2.24) is 24.8 Å². The second-order valence-corrected chi connectivity index (χ2v) is 15.7. The maximum Gasteiger partial charge on any atom is 0.319 e. The fraction of sp³-hybridized carbons (Fsp3) is 0.450. The number of hydrogen-bond acceptors (Lipinski definition) is 9. The molecule has 1 amide bonds. The van der Waals surface area contributed by atoms with Crippen LogP contribution in [0.2, 0.25) is 0 Å². The van der Waals surface area contributed by atoms with Gasteiger partial charge in [-0.1, -0.05) is 12.0 Å². The van der Waals surface area contributed by atoms with E-state index in [1.807, 2.05) is 4.90 Å². The van der Waals surface area contributed by atoms with Gasteiger partial charge in [0.05, 0.1) is 22.1 Å². The van der Waals surface area contributed by atoms with Crippen LogP contribution < -0.4 is 9.64 Å². The topological polar surface area (TPSA) is 108 Å². The number of aromatic nitrogens is 3. The molecule has 4 aliphatic heterocycles. The van der Waals surface area contributed by atoms with Gasteiger partial charge >= 0.3 is 6.01 Å². The summed E-state index contributed by atoms with van der Waals surface area (Å²) < 4.78 is 88.1. The third kappa shape index (κ3) is 5.16. The zero-order valence-corrected chi connectivity index (χ0v) is 29.7. The number of carbonyl (C=O) groups excluding carboxylic acids is 1. The summed E-state index contributed by atoms with van der Waals surface area (Å²) >= 11 is 0. The average molecular weight is 759 g/mol. The lowest BCUT2D eigenvalue weighted by molar-refractivity contribution is -0.138. The number of phenolic OH excluding ortho intramolecular Hbond substituents is 1. The number of phenols is 1. The van der Waals surface area contributed by atoms with Crippen LogP contribution in [0.1, 0.15) is 50.0 Å². The number of aryl methyl sites for hydroxylation is 1. The van der Waals surface area contributed by atoms with E-state index in [9.17, 15) is 23.1 Å². The molecule has 5 aliphatic rings. The van der Waals surface area contributed by atoms with Crippen LogP contribution in [0.25, 0.3) is 43.9 Å². The largest absolute Gasteiger partial charge is 0.508 e. The molecule has 2 aromatic heterocycles. The van der Waals surface area contributed by atoms with Gasteiger partial charge in [-0.2, -0.15) is 9.97 Å². The summed E-state index contributed by atoms with van der Waals surface area (Å²) in [5.74, 6) is -3.93. The predicted octanol–water partition coefficient (Wildman–Crippen LogP) is 6.65. The molecule has 284 valence electrons. The Balaban J connectivity index is 1.16. The molecule has 15 heteroatoms. The lowest BCUT2D eigenvalue weighted by atomic mass is 9.92. The van der Waals surface area contributed by atoms with Gasteiger partial charge < -0.3 is 24.1 Å². The van der Waals surface area contributed by atoms with Crippen LogP contribution in [0.3, 0.4) is 0 Å². The number of oxazole rings is 1. The summed E-state index contributed by atoms with van der Waals surface area (Å²) in [6.45, 7) is 3.10. The summed E-state index contributed by atoms with van der Waals surface area (Å²) in [6, 6.07) is 4.33. The number of alkyl halides is 3. The number of nitrogens with zero attached hydrogens (tertiary/aromatic N) is 6. The number of terminal acetylenes is 1. The molecule has 5 aromatic rings. The lowest BCUT2D eigenvalue weighted by Crippen LogP contribution is -2.56. The van der Waals surface area contributed by atoms with Gasteiger partial charge in [0.25, 0.3) is 5.92 Å². The van der Waals surface area contributed by atoms with Gasteiger partial charge in [-0.05, 0) is 61.4 Å². The van der Waals surface area contributed by atoms with E-state index >= 15 is 8.78 Å². The molecule has 1 aliphatic carbocycles. The van der Waals surface area contributed by atoms with Gasteiger partial charge in [-0.15, -0.1) is 6.42 Å². The second-order valence-electron chi connectivity index (χ2n) is 15.7. The van der Waals surface area contributed by atoms with Gasteiger partial charge in [0.15, 0.2) is 17.3 Å². The number of halogens is 5. The minimum absolute atomic E-state index is 0.0494. The van der Waals surface area contributed by atoms with Crippen molar-refractivity contribution >= 4 is 44.5 Å². The highest BCUT2D eigenvalue weighted by Gasteiger charge is 2.64. The van der Waals surface area contributed by atoms with E-state index < -0.39 is 59.6 Å². The SMILES string of the molecule is C#Cc1c(F)ccc2cc(O)cc(-c3c(F)c4nc(OC[C@@]56CCCN5C[C@H](F)C6)nc(N5C[C@H]6CC[C@@H](C5)N6C(=O)C5CC5(F)F)c4c4oc(C)nc34)c12. The van der Waals surface area contributed by atoms with Crippen molar-refractivity contribution in [1.29, 1.82) is 0 Å². The monoisotopic (exact) mass is 758 g/mol. The Labute approximate surface area is 311 Å². The van der Waals surface area contributed by atoms with Crippen molar-refractivity contribution in [2.75, 3.05) is 37.7 Å². The number of anilines is 1. The Hall–Kier alpha value is -5.23. The van der Waals surface area contributed by atoms with Crippen molar-refractivity contribution in [3.8, 4) is 35.2 Å². The molecular weight excluding hydrogens is 723 g/mol. The number of ether oxygens (including phenoxy) is 1. The minimum atomic E-state index is -3.00. The second kappa shape index (κ2) is 11.9. The van der Waals surface area contributed by atoms with Gasteiger partial charge in [-0.25, -0.2) is 26.9 Å². The lowest BCUT2D eigenvalue weighted by Gasteiger charge is -2.42. The van der Waals surface area contributed by atoms with Crippen LogP contribution in [0.5, 0.6) is 11.8 Å².